The number of hydrogen-bond acceptors (Lipinski definition) is 3. The molecule has 17 heavy (non-hydrogen) atoms. The lowest BCUT2D eigenvalue weighted by molar-refractivity contribution is 0.451. The standard InChI is InChI=1S/C12H14BrN3O/c1-7-5-10(13)6-14-12(7)17-11-8(2)15-16(4)9(11)3/h5-6H,1-4H3. The average Bonchev–Trinajstić information content (AvgIpc) is 2.48. The number of ether oxygens (including phenoxy) is 1. The Morgan fingerprint density at radius 2 is 2.00 bits per heavy atom. The monoisotopic (exact) mass is 295 g/mol. The van der Waals surface area contributed by atoms with Gasteiger partial charge in [-0.15, -0.1) is 0 Å². The molecule has 0 spiro atoms. The van der Waals surface area contributed by atoms with Crippen molar-refractivity contribution < 1.29 is 4.74 Å². The summed E-state index contributed by atoms with van der Waals surface area (Å²) in [5, 5.41) is 4.31. The molecule has 0 saturated heterocycles. The fourth-order valence-electron chi connectivity index (χ4n) is 1.63. The predicted octanol–water partition coefficient (Wildman–Crippen LogP) is 3.30. The molecule has 5 heteroatoms. The molecule has 2 aromatic rings. The highest BCUT2D eigenvalue weighted by Gasteiger charge is 2.13. The van der Waals surface area contributed by atoms with Gasteiger partial charge in [0.2, 0.25) is 5.88 Å². The van der Waals surface area contributed by atoms with E-state index in [0.717, 1.165) is 27.2 Å². The van der Waals surface area contributed by atoms with Crippen LogP contribution in [-0.2, 0) is 7.05 Å². The van der Waals surface area contributed by atoms with Gasteiger partial charge in [0.05, 0.1) is 5.69 Å². The molecule has 0 unspecified atom stereocenters. The van der Waals surface area contributed by atoms with Gasteiger partial charge in [-0.1, -0.05) is 0 Å². The Bertz CT molecular complexity index is 563. The Balaban J connectivity index is 2.38. The smallest absolute Gasteiger partial charge is 0.222 e. The third-order valence-electron chi connectivity index (χ3n) is 2.64. The van der Waals surface area contributed by atoms with Gasteiger partial charge in [-0.05, 0) is 42.8 Å². The Hall–Kier alpha value is -1.36. The number of aryl methyl sites for hydroxylation is 3. The molecule has 0 fully saturated rings. The molecule has 0 amide bonds. The molecule has 2 heterocycles. The van der Waals surface area contributed by atoms with E-state index >= 15 is 0 Å². The maximum atomic E-state index is 5.83. The number of aromatic nitrogens is 3. The molecule has 0 atom stereocenters. The van der Waals surface area contributed by atoms with E-state index in [4.69, 9.17) is 4.74 Å². The van der Waals surface area contributed by atoms with Gasteiger partial charge in [-0.25, -0.2) is 4.98 Å². The molecule has 0 aromatic carbocycles. The summed E-state index contributed by atoms with van der Waals surface area (Å²) in [4.78, 5) is 4.26. The third kappa shape index (κ3) is 2.34. The highest BCUT2D eigenvalue weighted by Crippen LogP contribution is 2.29. The van der Waals surface area contributed by atoms with E-state index in [2.05, 4.69) is 26.0 Å². The van der Waals surface area contributed by atoms with Crippen LogP contribution in [0.5, 0.6) is 11.6 Å². The lowest BCUT2D eigenvalue weighted by Gasteiger charge is -2.07. The Morgan fingerprint density at radius 1 is 1.29 bits per heavy atom. The molecule has 2 aromatic heterocycles. The maximum absolute atomic E-state index is 5.83. The first-order chi connectivity index (χ1) is 7.99. The third-order valence-corrected chi connectivity index (χ3v) is 3.07. The zero-order valence-electron chi connectivity index (χ0n) is 10.3. The van der Waals surface area contributed by atoms with E-state index in [1.165, 1.54) is 0 Å². The van der Waals surface area contributed by atoms with Crippen LogP contribution in [0.15, 0.2) is 16.7 Å². The van der Waals surface area contributed by atoms with E-state index in [-0.39, 0.29) is 0 Å². The van der Waals surface area contributed by atoms with Gasteiger partial charge in [-0.2, -0.15) is 5.10 Å². The molecule has 0 aliphatic rings. The van der Waals surface area contributed by atoms with Gasteiger partial charge >= 0.3 is 0 Å². The van der Waals surface area contributed by atoms with Gasteiger partial charge in [-0.3, -0.25) is 4.68 Å². The maximum Gasteiger partial charge on any atom is 0.222 e. The van der Waals surface area contributed by atoms with Crippen molar-refractivity contribution in [3.05, 3.63) is 33.7 Å². The minimum absolute atomic E-state index is 0.618. The SMILES string of the molecule is Cc1cc(Br)cnc1Oc1c(C)nn(C)c1C. The number of pyridine rings is 1. The second-order valence-electron chi connectivity index (χ2n) is 4.00. The summed E-state index contributed by atoms with van der Waals surface area (Å²) in [6, 6.07) is 1.98. The topological polar surface area (TPSA) is 39.9 Å². The summed E-state index contributed by atoms with van der Waals surface area (Å²) in [5.74, 6) is 1.40. The molecular weight excluding hydrogens is 282 g/mol. The fraction of sp³-hybridized carbons (Fsp3) is 0.333. The summed E-state index contributed by atoms with van der Waals surface area (Å²) in [6.45, 7) is 5.87. The minimum Gasteiger partial charge on any atom is -0.435 e. The highest BCUT2D eigenvalue weighted by atomic mass is 79.9. The van der Waals surface area contributed by atoms with Crippen LogP contribution in [0.4, 0.5) is 0 Å². The van der Waals surface area contributed by atoms with Crippen molar-refractivity contribution in [1.82, 2.24) is 14.8 Å². The predicted molar refractivity (Wildman–Crippen MR) is 69.4 cm³/mol. The number of hydrogen-bond donors (Lipinski definition) is 0. The van der Waals surface area contributed by atoms with Crippen LogP contribution in [0.25, 0.3) is 0 Å². The van der Waals surface area contributed by atoms with E-state index < -0.39 is 0 Å². The van der Waals surface area contributed by atoms with Crippen molar-refractivity contribution in [1.29, 1.82) is 0 Å². The van der Waals surface area contributed by atoms with Gasteiger partial charge in [0, 0.05) is 23.3 Å². The van der Waals surface area contributed by atoms with Gasteiger partial charge in [0.25, 0.3) is 0 Å². The minimum atomic E-state index is 0.618. The molecule has 2 rings (SSSR count). The number of halogens is 1. The number of nitrogens with zero attached hydrogens (tertiary/aromatic N) is 3. The van der Waals surface area contributed by atoms with Crippen molar-refractivity contribution in [3.8, 4) is 11.6 Å². The van der Waals surface area contributed by atoms with E-state index in [9.17, 15) is 0 Å². The normalized spacial score (nSPS) is 10.6. The van der Waals surface area contributed by atoms with Crippen molar-refractivity contribution >= 4 is 15.9 Å². The Morgan fingerprint density at radius 3 is 2.53 bits per heavy atom. The first-order valence-corrected chi connectivity index (χ1v) is 6.08. The molecule has 4 nitrogen and oxygen atoms in total. The summed E-state index contributed by atoms with van der Waals surface area (Å²) in [6.07, 6.45) is 1.73. The number of rotatable bonds is 2. The average molecular weight is 296 g/mol. The van der Waals surface area contributed by atoms with Crippen molar-refractivity contribution in [3.63, 3.8) is 0 Å². The zero-order valence-corrected chi connectivity index (χ0v) is 11.9. The van der Waals surface area contributed by atoms with E-state index in [0.29, 0.717) is 5.88 Å². The van der Waals surface area contributed by atoms with E-state index in [1.807, 2.05) is 33.9 Å². The highest BCUT2D eigenvalue weighted by molar-refractivity contribution is 9.10. The summed E-state index contributed by atoms with van der Waals surface area (Å²) in [7, 11) is 1.90. The summed E-state index contributed by atoms with van der Waals surface area (Å²) < 4.78 is 8.58. The largest absolute Gasteiger partial charge is 0.435 e. The molecule has 0 aliphatic heterocycles. The Labute approximate surface area is 109 Å². The first kappa shape index (κ1) is 12.1. The fourth-order valence-corrected chi connectivity index (χ4v) is 2.08. The summed E-state index contributed by atoms with van der Waals surface area (Å²) in [5.41, 5.74) is 2.85. The van der Waals surface area contributed by atoms with Gasteiger partial charge < -0.3 is 4.74 Å². The molecule has 0 saturated carbocycles. The Kier molecular flexibility index (Phi) is 3.19. The second-order valence-corrected chi connectivity index (χ2v) is 4.92. The van der Waals surface area contributed by atoms with Crippen LogP contribution in [0, 0.1) is 20.8 Å². The van der Waals surface area contributed by atoms with Crippen LogP contribution in [0.3, 0.4) is 0 Å². The van der Waals surface area contributed by atoms with Crippen LogP contribution in [0.1, 0.15) is 17.0 Å². The zero-order chi connectivity index (χ0) is 12.6. The van der Waals surface area contributed by atoms with Gasteiger partial charge in [0.15, 0.2) is 5.75 Å². The van der Waals surface area contributed by atoms with Gasteiger partial charge in [0.1, 0.15) is 5.69 Å². The molecule has 0 bridgehead atoms. The molecule has 0 radical (unpaired) electrons. The van der Waals surface area contributed by atoms with Crippen molar-refractivity contribution in [2.45, 2.75) is 20.8 Å². The van der Waals surface area contributed by atoms with Crippen molar-refractivity contribution in [2.24, 2.45) is 7.05 Å². The van der Waals surface area contributed by atoms with Crippen LogP contribution >= 0.6 is 15.9 Å². The molecule has 0 aliphatic carbocycles. The van der Waals surface area contributed by atoms with E-state index in [1.54, 1.807) is 10.9 Å². The van der Waals surface area contributed by atoms with Crippen LogP contribution < -0.4 is 4.74 Å². The molecular formula is C12H14BrN3O. The summed E-state index contributed by atoms with van der Waals surface area (Å²) >= 11 is 3.38. The second kappa shape index (κ2) is 4.49. The molecule has 0 N–H and O–H groups in total. The first-order valence-electron chi connectivity index (χ1n) is 5.29. The van der Waals surface area contributed by atoms with Crippen molar-refractivity contribution in [2.75, 3.05) is 0 Å². The van der Waals surface area contributed by atoms with Crippen LogP contribution in [-0.4, -0.2) is 14.8 Å². The van der Waals surface area contributed by atoms with Crippen LogP contribution in [0.2, 0.25) is 0 Å². The quantitative estimate of drug-likeness (QED) is 0.853. The molecule has 90 valence electrons. The lowest BCUT2D eigenvalue weighted by Crippen LogP contribution is -1.95. The lowest BCUT2D eigenvalue weighted by atomic mass is 10.3.